The molecule has 0 bridgehead atoms. The molecule has 0 heterocycles. The average Bonchev–Trinajstić information content (AvgIpc) is 2.38. The van der Waals surface area contributed by atoms with Crippen LogP contribution in [0, 0.1) is 0 Å². The molecule has 0 unspecified atom stereocenters. The summed E-state index contributed by atoms with van der Waals surface area (Å²) >= 11 is 0. The first-order valence-electron chi connectivity index (χ1n) is 5.34. The number of hydrogen-bond acceptors (Lipinski definition) is 2. The normalized spacial score (nSPS) is 9.88. The fraction of sp³-hybridized carbons (Fsp3) is 0.0714. The zero-order valence-electron chi connectivity index (χ0n) is 9.28. The lowest BCUT2D eigenvalue weighted by Gasteiger charge is -2.17. The van der Waals surface area contributed by atoms with Gasteiger partial charge >= 0.3 is 0 Å². The molecule has 1 N–H and O–H groups in total. The van der Waals surface area contributed by atoms with Crippen LogP contribution in [0.2, 0.25) is 0 Å². The van der Waals surface area contributed by atoms with Gasteiger partial charge in [0, 0.05) is 5.69 Å². The van der Waals surface area contributed by atoms with E-state index in [4.69, 9.17) is 0 Å². The fourth-order valence-electron chi connectivity index (χ4n) is 1.61. The van der Waals surface area contributed by atoms with Crippen molar-refractivity contribution < 1.29 is 9.90 Å². The van der Waals surface area contributed by atoms with Gasteiger partial charge in [0.15, 0.2) is 0 Å². The second-order valence-corrected chi connectivity index (χ2v) is 3.74. The number of phenolic OH excluding ortho intramolecular Hbond substituents is 1. The van der Waals surface area contributed by atoms with Crippen molar-refractivity contribution in [2.75, 3.05) is 4.90 Å². The largest absolute Gasteiger partial charge is 0.508 e. The summed E-state index contributed by atoms with van der Waals surface area (Å²) in [7, 11) is 0. The standard InChI is InChI=1S/C14H13NO2/c16-11-15(10-12-4-2-1-3-5-12)13-6-8-14(17)9-7-13/h1-9,11,17H,10H2. The quantitative estimate of drug-likeness (QED) is 0.815. The summed E-state index contributed by atoms with van der Waals surface area (Å²) in [6.07, 6.45) is 0.791. The first kappa shape index (κ1) is 11.2. The third-order valence-corrected chi connectivity index (χ3v) is 2.50. The van der Waals surface area contributed by atoms with Gasteiger partial charge in [-0.05, 0) is 29.8 Å². The average molecular weight is 227 g/mol. The minimum atomic E-state index is 0.194. The van der Waals surface area contributed by atoms with Crippen LogP contribution in [0.4, 0.5) is 5.69 Å². The number of anilines is 1. The van der Waals surface area contributed by atoms with E-state index in [0.717, 1.165) is 17.7 Å². The maximum Gasteiger partial charge on any atom is 0.214 e. The first-order valence-corrected chi connectivity index (χ1v) is 5.34. The van der Waals surface area contributed by atoms with Gasteiger partial charge in [-0.1, -0.05) is 30.3 Å². The van der Waals surface area contributed by atoms with Crippen molar-refractivity contribution >= 4 is 12.1 Å². The molecule has 0 aliphatic carbocycles. The molecule has 0 spiro atoms. The molecule has 0 radical (unpaired) electrons. The van der Waals surface area contributed by atoms with Crippen molar-refractivity contribution in [2.24, 2.45) is 0 Å². The minimum Gasteiger partial charge on any atom is -0.508 e. The van der Waals surface area contributed by atoms with E-state index in [-0.39, 0.29) is 5.75 Å². The molecule has 0 atom stereocenters. The third kappa shape index (κ3) is 2.84. The number of hydrogen-bond donors (Lipinski definition) is 1. The summed E-state index contributed by atoms with van der Waals surface area (Å²) in [4.78, 5) is 12.7. The Morgan fingerprint density at radius 1 is 1.00 bits per heavy atom. The predicted molar refractivity (Wildman–Crippen MR) is 66.8 cm³/mol. The van der Waals surface area contributed by atoms with Crippen LogP contribution in [0.5, 0.6) is 5.75 Å². The molecule has 0 fully saturated rings. The van der Waals surface area contributed by atoms with E-state index in [1.165, 1.54) is 0 Å². The van der Waals surface area contributed by atoms with Gasteiger partial charge in [0.2, 0.25) is 6.41 Å². The Balaban J connectivity index is 2.17. The number of aromatic hydroxyl groups is 1. The second-order valence-electron chi connectivity index (χ2n) is 3.74. The summed E-state index contributed by atoms with van der Waals surface area (Å²) in [5.41, 5.74) is 1.83. The van der Waals surface area contributed by atoms with Crippen molar-refractivity contribution in [3.05, 3.63) is 60.2 Å². The van der Waals surface area contributed by atoms with Crippen molar-refractivity contribution in [1.29, 1.82) is 0 Å². The van der Waals surface area contributed by atoms with Gasteiger partial charge in [-0.2, -0.15) is 0 Å². The Kier molecular flexibility index (Phi) is 3.40. The summed E-state index contributed by atoms with van der Waals surface area (Å²) in [6, 6.07) is 16.3. The number of benzene rings is 2. The van der Waals surface area contributed by atoms with Crippen LogP contribution < -0.4 is 4.90 Å². The molecule has 0 saturated carbocycles. The van der Waals surface area contributed by atoms with Crippen molar-refractivity contribution in [2.45, 2.75) is 6.54 Å². The molecule has 3 nitrogen and oxygen atoms in total. The summed E-state index contributed by atoms with van der Waals surface area (Å²) < 4.78 is 0. The van der Waals surface area contributed by atoms with E-state index in [1.54, 1.807) is 29.2 Å². The lowest BCUT2D eigenvalue weighted by Crippen LogP contribution is -2.20. The lowest BCUT2D eigenvalue weighted by molar-refractivity contribution is -0.107. The molecule has 2 rings (SSSR count). The molecule has 0 aliphatic rings. The van der Waals surface area contributed by atoms with Crippen molar-refractivity contribution in [3.63, 3.8) is 0 Å². The minimum absolute atomic E-state index is 0.194. The Hall–Kier alpha value is -2.29. The molecular formula is C14H13NO2. The van der Waals surface area contributed by atoms with Gasteiger partial charge in [-0.15, -0.1) is 0 Å². The first-order chi connectivity index (χ1) is 8.29. The number of amides is 1. The van der Waals surface area contributed by atoms with E-state index in [2.05, 4.69) is 0 Å². The van der Waals surface area contributed by atoms with Gasteiger partial charge in [-0.25, -0.2) is 0 Å². The van der Waals surface area contributed by atoms with Gasteiger partial charge in [-0.3, -0.25) is 4.79 Å². The number of rotatable bonds is 4. The van der Waals surface area contributed by atoms with Gasteiger partial charge in [0.1, 0.15) is 5.75 Å². The molecule has 3 heteroatoms. The van der Waals surface area contributed by atoms with Crippen LogP contribution in [0.1, 0.15) is 5.56 Å². The molecule has 2 aromatic carbocycles. The molecular weight excluding hydrogens is 214 g/mol. The smallest absolute Gasteiger partial charge is 0.214 e. The fourth-order valence-corrected chi connectivity index (χ4v) is 1.61. The van der Waals surface area contributed by atoms with E-state index in [9.17, 15) is 9.90 Å². The Morgan fingerprint density at radius 3 is 2.24 bits per heavy atom. The Bertz CT molecular complexity index is 479. The van der Waals surface area contributed by atoms with Crippen LogP contribution in [0.15, 0.2) is 54.6 Å². The molecule has 2 aromatic rings. The Morgan fingerprint density at radius 2 is 1.65 bits per heavy atom. The molecule has 0 saturated heterocycles. The molecule has 0 aliphatic heterocycles. The molecule has 0 aromatic heterocycles. The highest BCUT2D eigenvalue weighted by Gasteiger charge is 2.05. The number of carbonyl (C=O) groups excluding carboxylic acids is 1. The monoisotopic (exact) mass is 227 g/mol. The van der Waals surface area contributed by atoms with Crippen LogP contribution >= 0.6 is 0 Å². The zero-order valence-corrected chi connectivity index (χ0v) is 9.28. The number of nitrogens with zero attached hydrogens (tertiary/aromatic N) is 1. The van der Waals surface area contributed by atoms with E-state index >= 15 is 0 Å². The SMILES string of the molecule is O=CN(Cc1ccccc1)c1ccc(O)cc1. The van der Waals surface area contributed by atoms with Gasteiger partial charge < -0.3 is 10.0 Å². The highest BCUT2D eigenvalue weighted by molar-refractivity contribution is 5.75. The van der Waals surface area contributed by atoms with Gasteiger partial charge in [0.25, 0.3) is 0 Å². The third-order valence-electron chi connectivity index (χ3n) is 2.50. The summed E-state index contributed by atoms with van der Waals surface area (Å²) in [5, 5.41) is 9.19. The van der Waals surface area contributed by atoms with Crippen molar-refractivity contribution in [1.82, 2.24) is 0 Å². The highest BCUT2D eigenvalue weighted by atomic mass is 16.3. The van der Waals surface area contributed by atoms with E-state index in [1.807, 2.05) is 30.3 Å². The van der Waals surface area contributed by atoms with E-state index < -0.39 is 0 Å². The van der Waals surface area contributed by atoms with Crippen molar-refractivity contribution in [3.8, 4) is 5.75 Å². The summed E-state index contributed by atoms with van der Waals surface area (Å²) in [6.45, 7) is 0.523. The summed E-state index contributed by atoms with van der Waals surface area (Å²) in [5.74, 6) is 0.194. The lowest BCUT2D eigenvalue weighted by atomic mass is 10.2. The van der Waals surface area contributed by atoms with Crippen LogP contribution in [0.25, 0.3) is 0 Å². The topological polar surface area (TPSA) is 40.5 Å². The maximum absolute atomic E-state index is 11.1. The van der Waals surface area contributed by atoms with E-state index in [0.29, 0.717) is 6.54 Å². The van der Waals surface area contributed by atoms with Crippen LogP contribution in [-0.4, -0.2) is 11.5 Å². The maximum atomic E-state index is 11.1. The zero-order chi connectivity index (χ0) is 12.1. The number of phenols is 1. The molecule has 17 heavy (non-hydrogen) atoms. The number of carbonyl (C=O) groups is 1. The Labute approximate surface area is 99.9 Å². The second kappa shape index (κ2) is 5.16. The van der Waals surface area contributed by atoms with Crippen LogP contribution in [0.3, 0.4) is 0 Å². The predicted octanol–water partition coefficient (Wildman–Crippen LogP) is 2.56. The highest BCUT2D eigenvalue weighted by Crippen LogP contribution is 2.19. The van der Waals surface area contributed by atoms with Gasteiger partial charge in [0.05, 0.1) is 6.54 Å². The molecule has 86 valence electrons. The molecule has 1 amide bonds. The van der Waals surface area contributed by atoms with Crippen LogP contribution in [-0.2, 0) is 11.3 Å².